The molecule has 5 aliphatic heterocycles. The second kappa shape index (κ2) is 15.5. The fraction of sp³-hybridized carbons (Fsp3) is 0.750. The van der Waals surface area contributed by atoms with Gasteiger partial charge in [-0.05, 0) is 62.2 Å². The molecular formula is C40H58O12. The molecule has 6 aliphatic rings. The predicted molar refractivity (Wildman–Crippen MR) is 188 cm³/mol. The van der Waals surface area contributed by atoms with E-state index in [2.05, 4.69) is 20.8 Å². The summed E-state index contributed by atoms with van der Waals surface area (Å²) in [5.41, 5.74) is -0.108. The molecule has 4 saturated heterocycles. The van der Waals surface area contributed by atoms with E-state index in [1.165, 1.54) is 6.92 Å². The predicted octanol–water partition coefficient (Wildman–Crippen LogP) is 3.59. The fourth-order valence-electron chi connectivity index (χ4n) is 8.94. The average Bonchev–Trinajstić information content (AvgIpc) is 3.45. The van der Waals surface area contributed by atoms with Gasteiger partial charge in [0.2, 0.25) is 0 Å². The minimum atomic E-state index is -1.86. The lowest BCUT2D eigenvalue weighted by Gasteiger charge is -2.51. The molecular weight excluding hydrogens is 672 g/mol. The standard InChI is InChI=1S/C40H58O12/c1-8-20(2)35-23(5)14-15-39(52-35)18-28-17-27(51-39)13-12-22(4)34(50-38-33(44)32(43)31(42)25(7)48-38)21(3)10-9-11-26-19-47-36-30(41)24(6)16-29(37(45)49-28)40(26,36)46/h9-12,16,20-21,23,25,27-30,32-36,38,41,43-44,46H,8,13-15,17-19H2,1-7H3/b10-9+,22-12+,26-11+/t20-,21-,23-,25+,27+,28-,29-,30+,32-,33+,34-,35+,36+,38-,39+,40+/m0/s1. The first-order valence-corrected chi connectivity index (χ1v) is 19.1. The van der Waals surface area contributed by atoms with Crippen LogP contribution in [0.25, 0.3) is 0 Å². The van der Waals surface area contributed by atoms with E-state index in [-0.39, 0.29) is 18.6 Å². The molecule has 1 aliphatic carbocycles. The number of rotatable bonds is 4. The third-order valence-electron chi connectivity index (χ3n) is 12.4. The fourth-order valence-corrected chi connectivity index (χ4v) is 8.94. The normalized spacial score (nSPS) is 49.1. The van der Waals surface area contributed by atoms with Crippen LogP contribution in [0.4, 0.5) is 0 Å². The number of hydrogen-bond acceptors (Lipinski definition) is 12. The zero-order valence-corrected chi connectivity index (χ0v) is 31.5. The van der Waals surface area contributed by atoms with Gasteiger partial charge in [-0.25, -0.2) is 0 Å². The Morgan fingerprint density at radius 1 is 1.04 bits per heavy atom. The van der Waals surface area contributed by atoms with E-state index < -0.39 is 84.2 Å². The third-order valence-corrected chi connectivity index (χ3v) is 12.4. The van der Waals surface area contributed by atoms with E-state index >= 15 is 0 Å². The van der Waals surface area contributed by atoms with Gasteiger partial charge in [-0.1, -0.05) is 64.5 Å². The summed E-state index contributed by atoms with van der Waals surface area (Å²) in [4.78, 5) is 26.5. The Morgan fingerprint density at radius 2 is 1.79 bits per heavy atom. The Morgan fingerprint density at radius 3 is 2.52 bits per heavy atom. The van der Waals surface area contributed by atoms with E-state index in [0.29, 0.717) is 48.7 Å². The lowest BCUT2D eigenvalue weighted by molar-refractivity contribution is -0.340. The highest BCUT2D eigenvalue weighted by Gasteiger charge is 2.60. The summed E-state index contributed by atoms with van der Waals surface area (Å²) in [6.07, 6.45) is 3.26. The van der Waals surface area contributed by atoms with Gasteiger partial charge in [0, 0.05) is 25.2 Å². The molecule has 0 aromatic rings. The topological polar surface area (TPSA) is 170 Å². The second-order valence-electron chi connectivity index (χ2n) is 16.2. The first-order chi connectivity index (χ1) is 24.6. The molecule has 4 fully saturated rings. The van der Waals surface area contributed by atoms with E-state index in [1.54, 1.807) is 25.2 Å². The molecule has 0 aromatic heterocycles. The number of ether oxygens (including phenoxy) is 6. The second-order valence-corrected chi connectivity index (χ2v) is 16.2. The maximum absolute atomic E-state index is 14.2. The highest BCUT2D eigenvalue weighted by atomic mass is 16.7. The van der Waals surface area contributed by atoms with Crippen molar-refractivity contribution in [1.29, 1.82) is 0 Å². The number of allylic oxidation sites excluding steroid dienone is 2. The molecule has 1 spiro atoms. The molecule has 0 unspecified atom stereocenters. The Bertz CT molecular complexity index is 1470. The van der Waals surface area contributed by atoms with Crippen LogP contribution in [0.15, 0.2) is 47.1 Å². The Balaban J connectivity index is 1.39. The van der Waals surface area contributed by atoms with Crippen LogP contribution >= 0.6 is 0 Å². The van der Waals surface area contributed by atoms with Crippen LogP contribution in [0.2, 0.25) is 0 Å². The van der Waals surface area contributed by atoms with Crippen LogP contribution in [-0.2, 0) is 38.0 Å². The average molecular weight is 731 g/mol. The SMILES string of the molecule is CC[C@H](C)[C@H]1O[C@]2(CC[C@@H]1C)C[C@@H]1C[C@@H](C/C=C(\C)[C@@H](O[C@@H]3O[C@H](C)C(=O)[C@H](O)[C@H]3O)[C@@H](C)/C=C/C=C3\CO[C@@H]4[C@H](O)C(C)=C[C@@H](C(=O)O1)[C@]34O)O2. The summed E-state index contributed by atoms with van der Waals surface area (Å²) in [7, 11) is 0. The Labute approximate surface area is 306 Å². The summed E-state index contributed by atoms with van der Waals surface area (Å²) in [5, 5.41) is 44.6. The first kappa shape index (κ1) is 39.4. The van der Waals surface area contributed by atoms with Crippen LogP contribution < -0.4 is 0 Å². The van der Waals surface area contributed by atoms with Crippen molar-refractivity contribution >= 4 is 11.8 Å². The van der Waals surface area contributed by atoms with Crippen molar-refractivity contribution in [2.24, 2.45) is 23.7 Å². The van der Waals surface area contributed by atoms with Gasteiger partial charge in [-0.15, -0.1) is 0 Å². The Hall–Kier alpha value is -2.26. The number of carbonyl (C=O) groups excluding carboxylic acids is 2. The molecule has 0 aromatic carbocycles. The van der Waals surface area contributed by atoms with E-state index in [9.17, 15) is 30.0 Å². The monoisotopic (exact) mass is 730 g/mol. The van der Waals surface area contributed by atoms with Crippen LogP contribution in [0, 0.1) is 23.7 Å². The number of hydrogen-bond donors (Lipinski definition) is 4. The number of aliphatic hydroxyl groups is 4. The molecule has 16 atom stereocenters. The van der Waals surface area contributed by atoms with Crippen LogP contribution in [0.1, 0.15) is 87.0 Å². The molecule has 290 valence electrons. The Kier molecular flexibility index (Phi) is 11.7. The van der Waals surface area contributed by atoms with Crippen LogP contribution in [0.5, 0.6) is 0 Å². The highest BCUT2D eigenvalue weighted by molar-refractivity contribution is 5.88. The van der Waals surface area contributed by atoms with Gasteiger partial charge in [-0.3, -0.25) is 9.59 Å². The zero-order chi connectivity index (χ0) is 37.7. The highest BCUT2D eigenvalue weighted by Crippen LogP contribution is 2.48. The summed E-state index contributed by atoms with van der Waals surface area (Å²) in [6, 6.07) is 0. The third kappa shape index (κ3) is 7.40. The molecule has 0 saturated carbocycles. The summed E-state index contributed by atoms with van der Waals surface area (Å²) in [5.74, 6) is -3.00. The maximum atomic E-state index is 14.2. The number of ketones is 1. The first-order valence-electron chi connectivity index (χ1n) is 19.1. The molecule has 0 radical (unpaired) electrons. The summed E-state index contributed by atoms with van der Waals surface area (Å²) < 4.78 is 38.1. The van der Waals surface area contributed by atoms with Gasteiger partial charge in [-0.2, -0.15) is 0 Å². The summed E-state index contributed by atoms with van der Waals surface area (Å²) in [6.45, 7) is 13.6. The number of esters is 1. The van der Waals surface area contributed by atoms with Crippen LogP contribution in [-0.4, -0.2) is 111 Å². The number of carbonyl (C=O) groups is 2. The molecule has 2 bridgehead atoms. The van der Waals surface area contributed by atoms with Gasteiger partial charge in [0.1, 0.15) is 48.1 Å². The molecule has 0 amide bonds. The van der Waals surface area contributed by atoms with Crippen LogP contribution in [0.3, 0.4) is 0 Å². The summed E-state index contributed by atoms with van der Waals surface area (Å²) >= 11 is 0. The van der Waals surface area contributed by atoms with Gasteiger partial charge in [0.25, 0.3) is 0 Å². The van der Waals surface area contributed by atoms with Crippen molar-refractivity contribution in [3.63, 3.8) is 0 Å². The largest absolute Gasteiger partial charge is 0.462 e. The molecule has 4 N–H and O–H groups in total. The smallest absolute Gasteiger partial charge is 0.316 e. The van der Waals surface area contributed by atoms with Crippen molar-refractivity contribution in [1.82, 2.24) is 0 Å². The number of Topliss-reactive ketones (excluding diaryl/α,β-unsaturated/α-hetero) is 1. The molecule has 52 heavy (non-hydrogen) atoms. The van der Waals surface area contributed by atoms with Crippen molar-refractivity contribution in [2.45, 2.75) is 160 Å². The van der Waals surface area contributed by atoms with Crippen molar-refractivity contribution in [3.05, 3.63) is 47.1 Å². The maximum Gasteiger partial charge on any atom is 0.316 e. The molecule has 6 rings (SSSR count). The van der Waals surface area contributed by atoms with Crippen molar-refractivity contribution in [2.75, 3.05) is 6.61 Å². The minimum Gasteiger partial charge on any atom is -0.462 e. The number of fused-ring (bicyclic) bond motifs is 2. The van der Waals surface area contributed by atoms with Gasteiger partial charge in [0.15, 0.2) is 17.9 Å². The molecule has 12 heteroatoms. The van der Waals surface area contributed by atoms with E-state index in [4.69, 9.17) is 28.4 Å². The van der Waals surface area contributed by atoms with Gasteiger partial charge >= 0.3 is 5.97 Å². The van der Waals surface area contributed by atoms with Crippen molar-refractivity contribution in [3.8, 4) is 0 Å². The molecule has 12 nitrogen and oxygen atoms in total. The van der Waals surface area contributed by atoms with E-state index in [1.807, 2.05) is 26.0 Å². The zero-order valence-electron chi connectivity index (χ0n) is 31.5. The van der Waals surface area contributed by atoms with Crippen molar-refractivity contribution < 1.29 is 58.4 Å². The van der Waals surface area contributed by atoms with Gasteiger partial charge < -0.3 is 48.8 Å². The minimum absolute atomic E-state index is 0.00189. The quantitative estimate of drug-likeness (QED) is 0.245. The lowest BCUT2D eigenvalue weighted by atomic mass is 9.71. The lowest BCUT2D eigenvalue weighted by Crippen LogP contribution is -2.58. The molecule has 5 heterocycles. The van der Waals surface area contributed by atoms with Gasteiger partial charge in [0.05, 0.1) is 24.9 Å². The van der Waals surface area contributed by atoms with E-state index in [0.717, 1.165) is 18.4 Å². The number of aliphatic hydroxyl groups excluding tert-OH is 3.